The molecule has 21 heavy (non-hydrogen) atoms. The molecule has 0 N–H and O–H groups in total. The third kappa shape index (κ3) is 3.21. The lowest BCUT2D eigenvalue weighted by atomic mass is 9.84. The highest BCUT2D eigenvalue weighted by atomic mass is 16.1. The fraction of sp³-hybridized carbons (Fsp3) is 0.882. The fourth-order valence-corrected chi connectivity index (χ4v) is 4.59. The van der Waals surface area contributed by atoms with Crippen molar-refractivity contribution in [2.24, 2.45) is 0 Å². The number of piperidine rings is 3. The molecule has 0 aliphatic carbocycles. The van der Waals surface area contributed by atoms with E-state index in [0.717, 1.165) is 25.7 Å². The first kappa shape index (κ1) is 15.2. The number of ketones is 2. The van der Waals surface area contributed by atoms with Crippen LogP contribution in [0, 0.1) is 0 Å². The minimum absolute atomic E-state index is 0.477. The normalized spacial score (nSPS) is 39.9. The number of Topliss-reactive ketones (excluding diaryl/α,β-unsaturated/α-hetero) is 2. The number of nitrogens with zero attached hydrogens (tertiary/aromatic N) is 2. The highest BCUT2D eigenvalue weighted by molar-refractivity contribution is 5.81. The van der Waals surface area contributed by atoms with Crippen LogP contribution < -0.4 is 0 Å². The molecule has 0 spiro atoms. The third-order valence-corrected chi connectivity index (χ3v) is 6.06. The van der Waals surface area contributed by atoms with Gasteiger partial charge in [0.1, 0.15) is 11.6 Å². The van der Waals surface area contributed by atoms with Crippen molar-refractivity contribution >= 4 is 11.6 Å². The van der Waals surface area contributed by atoms with E-state index in [1.165, 1.54) is 32.1 Å². The van der Waals surface area contributed by atoms with Gasteiger partial charge in [-0.2, -0.15) is 0 Å². The topological polar surface area (TPSA) is 40.6 Å². The summed E-state index contributed by atoms with van der Waals surface area (Å²) in [6.07, 6.45) is 9.53. The van der Waals surface area contributed by atoms with Crippen molar-refractivity contribution in [3.8, 4) is 0 Å². The van der Waals surface area contributed by atoms with Crippen molar-refractivity contribution in [3.63, 3.8) is 0 Å². The Hall–Kier alpha value is -0.740. The summed E-state index contributed by atoms with van der Waals surface area (Å²) in [6, 6.07) is 2.34. The van der Waals surface area contributed by atoms with Crippen molar-refractivity contribution in [1.82, 2.24) is 9.80 Å². The molecule has 4 heteroatoms. The first-order valence-electron chi connectivity index (χ1n) is 8.52. The van der Waals surface area contributed by atoms with Crippen LogP contribution in [0.2, 0.25) is 0 Å². The Labute approximate surface area is 127 Å². The number of fused-ring (bicyclic) bond motifs is 4. The molecule has 0 aromatic carbocycles. The van der Waals surface area contributed by atoms with E-state index in [1.807, 2.05) is 0 Å². The van der Waals surface area contributed by atoms with Gasteiger partial charge in [0, 0.05) is 49.9 Å². The summed E-state index contributed by atoms with van der Waals surface area (Å²) in [7, 11) is 4.32. The van der Waals surface area contributed by atoms with E-state index in [4.69, 9.17) is 0 Å². The average molecular weight is 292 g/mol. The van der Waals surface area contributed by atoms with Gasteiger partial charge < -0.3 is 0 Å². The average Bonchev–Trinajstić information content (AvgIpc) is 2.64. The second kappa shape index (κ2) is 6.17. The molecule has 0 saturated carbocycles. The summed E-state index contributed by atoms with van der Waals surface area (Å²) in [5.74, 6) is 0.961. The number of hydrogen-bond donors (Lipinski definition) is 0. The van der Waals surface area contributed by atoms with Crippen LogP contribution in [0.3, 0.4) is 0 Å². The van der Waals surface area contributed by atoms with Crippen molar-refractivity contribution in [1.29, 1.82) is 0 Å². The van der Waals surface area contributed by atoms with E-state index in [-0.39, 0.29) is 0 Å². The summed E-state index contributed by atoms with van der Waals surface area (Å²) in [5.41, 5.74) is 0. The van der Waals surface area contributed by atoms with E-state index in [9.17, 15) is 9.59 Å². The maximum absolute atomic E-state index is 11.2. The molecule has 4 aliphatic heterocycles. The molecule has 0 radical (unpaired) electrons. The number of hydrogen-bond acceptors (Lipinski definition) is 4. The smallest absolute Gasteiger partial charge is 0.136 e. The van der Waals surface area contributed by atoms with Crippen LogP contribution in [-0.2, 0) is 9.59 Å². The number of rotatable bonds is 0. The first-order valence-corrected chi connectivity index (χ1v) is 8.52. The predicted molar refractivity (Wildman–Crippen MR) is 82.2 cm³/mol. The molecule has 4 heterocycles. The van der Waals surface area contributed by atoms with Crippen LogP contribution in [0.4, 0.5) is 0 Å². The lowest BCUT2D eigenvalue weighted by Gasteiger charge is -2.43. The lowest BCUT2D eigenvalue weighted by Crippen LogP contribution is -2.49. The Balaban J connectivity index is 0.000000126. The Morgan fingerprint density at radius 1 is 0.667 bits per heavy atom. The van der Waals surface area contributed by atoms with Crippen LogP contribution in [0.15, 0.2) is 0 Å². The van der Waals surface area contributed by atoms with Gasteiger partial charge in [-0.05, 0) is 39.8 Å². The third-order valence-electron chi connectivity index (χ3n) is 6.06. The van der Waals surface area contributed by atoms with Crippen LogP contribution in [-0.4, -0.2) is 59.6 Å². The summed E-state index contributed by atoms with van der Waals surface area (Å²) >= 11 is 0. The Morgan fingerprint density at radius 2 is 1.00 bits per heavy atom. The zero-order valence-electron chi connectivity index (χ0n) is 13.4. The second-order valence-corrected chi connectivity index (χ2v) is 7.35. The van der Waals surface area contributed by atoms with Gasteiger partial charge in [-0.25, -0.2) is 0 Å². The molecule has 4 saturated heterocycles. The molecule has 4 fully saturated rings. The van der Waals surface area contributed by atoms with E-state index in [2.05, 4.69) is 23.9 Å². The molecular formula is C17H28N2O2. The number of carbonyl (C=O) groups excluding carboxylic acids is 2. The van der Waals surface area contributed by atoms with Crippen LogP contribution in [0.5, 0.6) is 0 Å². The van der Waals surface area contributed by atoms with Crippen LogP contribution in [0.25, 0.3) is 0 Å². The molecule has 4 aliphatic rings. The van der Waals surface area contributed by atoms with Gasteiger partial charge in [0.25, 0.3) is 0 Å². The SMILES string of the molecule is CN1C2CCC1CC(=O)C2.CN1C2CCCC1CC(=O)C2. The van der Waals surface area contributed by atoms with Gasteiger partial charge in [-0.15, -0.1) is 0 Å². The second-order valence-electron chi connectivity index (χ2n) is 7.35. The minimum atomic E-state index is 0.477. The molecular weight excluding hydrogens is 264 g/mol. The van der Waals surface area contributed by atoms with E-state index >= 15 is 0 Å². The van der Waals surface area contributed by atoms with E-state index < -0.39 is 0 Å². The summed E-state index contributed by atoms with van der Waals surface area (Å²) in [6.45, 7) is 0. The highest BCUT2D eigenvalue weighted by Crippen LogP contribution is 2.32. The van der Waals surface area contributed by atoms with Gasteiger partial charge in [-0.1, -0.05) is 6.42 Å². The molecule has 0 aromatic heterocycles. The van der Waals surface area contributed by atoms with Crippen molar-refractivity contribution in [3.05, 3.63) is 0 Å². The van der Waals surface area contributed by atoms with Crippen molar-refractivity contribution < 1.29 is 9.59 Å². The summed E-state index contributed by atoms with van der Waals surface area (Å²) in [5, 5.41) is 0. The van der Waals surface area contributed by atoms with Gasteiger partial charge >= 0.3 is 0 Å². The molecule has 0 aromatic rings. The molecule has 4 bridgehead atoms. The minimum Gasteiger partial charge on any atom is -0.300 e. The quantitative estimate of drug-likeness (QED) is 0.685. The van der Waals surface area contributed by atoms with Crippen LogP contribution in [0.1, 0.15) is 57.8 Å². The van der Waals surface area contributed by atoms with Gasteiger partial charge in [0.2, 0.25) is 0 Å². The molecule has 4 unspecified atom stereocenters. The molecule has 4 rings (SSSR count). The Morgan fingerprint density at radius 3 is 1.38 bits per heavy atom. The fourth-order valence-electron chi connectivity index (χ4n) is 4.59. The summed E-state index contributed by atoms with van der Waals surface area (Å²) < 4.78 is 0. The van der Waals surface area contributed by atoms with Crippen LogP contribution >= 0.6 is 0 Å². The van der Waals surface area contributed by atoms with Gasteiger partial charge in [0.05, 0.1) is 0 Å². The van der Waals surface area contributed by atoms with Crippen molar-refractivity contribution in [2.45, 2.75) is 82.0 Å². The zero-order chi connectivity index (χ0) is 15.0. The van der Waals surface area contributed by atoms with Crippen molar-refractivity contribution in [2.75, 3.05) is 14.1 Å². The van der Waals surface area contributed by atoms with Gasteiger partial charge in [-0.3, -0.25) is 19.4 Å². The standard InChI is InChI=1S/C9H15NO.C8H13NO/c1-10-7-3-2-4-8(10)6-9(11)5-7;1-9-6-2-3-7(9)5-8(10)4-6/h7-8H,2-6H2,1H3;6-7H,2-5H2,1H3. The molecule has 4 atom stereocenters. The van der Waals surface area contributed by atoms with E-state index in [1.54, 1.807) is 0 Å². The zero-order valence-corrected chi connectivity index (χ0v) is 13.4. The first-order chi connectivity index (χ1) is 10.0. The molecule has 118 valence electrons. The monoisotopic (exact) mass is 292 g/mol. The number of carbonyl (C=O) groups is 2. The Kier molecular flexibility index (Phi) is 4.46. The summed E-state index contributed by atoms with van der Waals surface area (Å²) in [4.78, 5) is 27.0. The molecule has 4 nitrogen and oxygen atoms in total. The molecule has 0 amide bonds. The maximum Gasteiger partial charge on any atom is 0.136 e. The largest absolute Gasteiger partial charge is 0.300 e. The Bertz CT molecular complexity index is 391. The van der Waals surface area contributed by atoms with E-state index in [0.29, 0.717) is 35.7 Å². The van der Waals surface area contributed by atoms with Gasteiger partial charge in [0.15, 0.2) is 0 Å². The lowest BCUT2D eigenvalue weighted by molar-refractivity contribution is -0.126. The highest BCUT2D eigenvalue weighted by Gasteiger charge is 2.37. The maximum atomic E-state index is 11.2. The predicted octanol–water partition coefficient (Wildman–Crippen LogP) is 2.01.